The van der Waals surface area contributed by atoms with Crippen LogP contribution in [-0.4, -0.2) is 68.1 Å². The van der Waals surface area contributed by atoms with Crippen LogP contribution in [0.5, 0.6) is 5.88 Å². The zero-order chi connectivity index (χ0) is 19.4. The summed E-state index contributed by atoms with van der Waals surface area (Å²) in [7, 11) is 0. The average Bonchev–Trinajstić information content (AvgIpc) is 3.06. The van der Waals surface area contributed by atoms with E-state index < -0.39 is 11.6 Å². The molecule has 2 atom stereocenters. The molecule has 5 rings (SSSR count). The van der Waals surface area contributed by atoms with Gasteiger partial charge in [0.15, 0.2) is 11.5 Å². The quantitative estimate of drug-likeness (QED) is 0.735. The van der Waals surface area contributed by atoms with Crippen LogP contribution in [0, 0.1) is 11.6 Å². The number of likely N-dealkylation sites (tertiary alicyclic amines) is 1. The van der Waals surface area contributed by atoms with Crippen molar-refractivity contribution in [2.45, 2.75) is 18.5 Å². The summed E-state index contributed by atoms with van der Waals surface area (Å²) in [5.41, 5.74) is 0.261. The minimum atomic E-state index is -0.785. The van der Waals surface area contributed by atoms with E-state index in [0.717, 1.165) is 18.6 Å². The number of fused-ring (bicyclic) bond motifs is 3. The van der Waals surface area contributed by atoms with Crippen LogP contribution < -0.4 is 4.90 Å². The lowest BCUT2D eigenvalue weighted by Gasteiger charge is -2.56. The zero-order valence-electron chi connectivity index (χ0n) is 14.8. The molecule has 0 spiro atoms. The van der Waals surface area contributed by atoms with Crippen LogP contribution in [0.2, 0.25) is 0 Å². The van der Waals surface area contributed by atoms with Crippen molar-refractivity contribution in [1.82, 2.24) is 24.6 Å². The number of benzene rings is 1. The summed E-state index contributed by atoms with van der Waals surface area (Å²) < 4.78 is 41.3. The second-order valence-electron chi connectivity index (χ2n) is 7.14. The molecule has 0 amide bonds. The Morgan fingerprint density at radius 1 is 1.14 bits per heavy atom. The Hall–Kier alpha value is -2.88. The standard InChI is InChI=1S/C18H17F3N6O/c19-3-4-25-8-11-6-12(9-25)26(11)18-23-16-13(17(28)24-18)7-22-27(16)15-2-1-10(20)5-14(15)21/h1-2,5,7,11-12H,3-4,6,8-9H2,(H,23,24,28). The third kappa shape index (κ3) is 2.59. The molecule has 2 bridgehead atoms. The molecule has 28 heavy (non-hydrogen) atoms. The highest BCUT2D eigenvalue weighted by Gasteiger charge is 2.46. The van der Waals surface area contributed by atoms with Gasteiger partial charge in [-0.3, -0.25) is 4.90 Å². The lowest BCUT2D eigenvalue weighted by atomic mass is 9.88. The third-order valence-electron chi connectivity index (χ3n) is 5.43. The molecule has 146 valence electrons. The maximum Gasteiger partial charge on any atom is 0.231 e. The number of hydrogen-bond donors (Lipinski definition) is 1. The Morgan fingerprint density at radius 2 is 1.93 bits per heavy atom. The van der Waals surface area contributed by atoms with Gasteiger partial charge in [0.2, 0.25) is 11.8 Å². The fourth-order valence-corrected chi connectivity index (χ4v) is 4.15. The topological polar surface area (TPSA) is 70.3 Å². The number of alkyl halides is 1. The Balaban J connectivity index is 1.54. The number of aromatic hydroxyl groups is 1. The van der Waals surface area contributed by atoms with Crippen LogP contribution in [0.3, 0.4) is 0 Å². The predicted octanol–water partition coefficient (Wildman–Crippen LogP) is 2.03. The summed E-state index contributed by atoms with van der Waals surface area (Å²) in [6.07, 6.45) is 2.30. The van der Waals surface area contributed by atoms with Gasteiger partial charge >= 0.3 is 0 Å². The average molecular weight is 390 g/mol. The van der Waals surface area contributed by atoms with Crippen LogP contribution >= 0.6 is 0 Å². The second kappa shape index (κ2) is 6.33. The van der Waals surface area contributed by atoms with Crippen molar-refractivity contribution in [1.29, 1.82) is 0 Å². The molecule has 2 aliphatic heterocycles. The third-order valence-corrected chi connectivity index (χ3v) is 5.43. The summed E-state index contributed by atoms with van der Waals surface area (Å²) in [6.45, 7) is 1.43. The maximum absolute atomic E-state index is 14.2. The number of nitrogens with zero attached hydrogens (tertiary/aromatic N) is 6. The van der Waals surface area contributed by atoms with Crippen molar-refractivity contribution in [3.8, 4) is 11.6 Å². The highest BCUT2D eigenvalue weighted by molar-refractivity contribution is 5.82. The number of piperazine rings is 1. The summed E-state index contributed by atoms with van der Waals surface area (Å²) in [5.74, 6) is -1.40. The number of piperidine rings is 1. The van der Waals surface area contributed by atoms with Gasteiger partial charge in [-0.1, -0.05) is 0 Å². The Kier molecular flexibility index (Phi) is 3.90. The summed E-state index contributed by atoms with van der Waals surface area (Å²) in [4.78, 5) is 12.8. The molecule has 0 aliphatic carbocycles. The molecule has 4 heterocycles. The number of halogens is 3. The zero-order valence-corrected chi connectivity index (χ0v) is 14.8. The Morgan fingerprint density at radius 3 is 2.64 bits per heavy atom. The van der Waals surface area contributed by atoms with Gasteiger partial charge in [-0.05, 0) is 18.6 Å². The summed E-state index contributed by atoms with van der Waals surface area (Å²) in [6, 6.07) is 3.45. The summed E-state index contributed by atoms with van der Waals surface area (Å²) >= 11 is 0. The van der Waals surface area contributed by atoms with Crippen LogP contribution in [0.1, 0.15) is 6.42 Å². The number of anilines is 1. The molecule has 0 radical (unpaired) electrons. The molecule has 2 aliphatic rings. The normalized spacial score (nSPS) is 21.9. The van der Waals surface area contributed by atoms with E-state index in [1.54, 1.807) is 0 Å². The second-order valence-corrected chi connectivity index (χ2v) is 7.14. The first-order valence-corrected chi connectivity index (χ1v) is 9.02. The van der Waals surface area contributed by atoms with Crippen LogP contribution in [0.4, 0.5) is 19.1 Å². The first kappa shape index (κ1) is 17.2. The van der Waals surface area contributed by atoms with Gasteiger partial charge in [0.25, 0.3) is 0 Å². The molecule has 2 unspecified atom stereocenters. The number of aromatic nitrogens is 4. The molecule has 0 saturated carbocycles. The largest absolute Gasteiger partial charge is 0.493 e. The van der Waals surface area contributed by atoms with Gasteiger partial charge < -0.3 is 10.0 Å². The molecule has 7 nitrogen and oxygen atoms in total. The highest BCUT2D eigenvalue weighted by Crippen LogP contribution is 2.37. The van der Waals surface area contributed by atoms with Crippen LogP contribution in [0.15, 0.2) is 24.4 Å². The lowest BCUT2D eigenvalue weighted by molar-refractivity contribution is 0.106. The van der Waals surface area contributed by atoms with E-state index in [0.29, 0.717) is 25.6 Å². The van der Waals surface area contributed by atoms with Crippen molar-refractivity contribution in [3.63, 3.8) is 0 Å². The van der Waals surface area contributed by atoms with E-state index in [-0.39, 0.29) is 41.4 Å². The number of rotatable bonds is 4. The fraction of sp³-hybridized carbons (Fsp3) is 0.389. The smallest absolute Gasteiger partial charge is 0.231 e. The van der Waals surface area contributed by atoms with E-state index in [1.807, 2.05) is 4.90 Å². The van der Waals surface area contributed by atoms with Gasteiger partial charge in [-0.2, -0.15) is 15.1 Å². The minimum absolute atomic E-state index is 0.0263. The molecule has 2 aromatic heterocycles. The van der Waals surface area contributed by atoms with E-state index in [4.69, 9.17) is 0 Å². The molecule has 2 saturated heterocycles. The van der Waals surface area contributed by atoms with Crippen molar-refractivity contribution in [2.24, 2.45) is 0 Å². The molecule has 10 heteroatoms. The van der Waals surface area contributed by atoms with Crippen molar-refractivity contribution >= 4 is 17.0 Å². The molecule has 3 aromatic rings. The first-order chi connectivity index (χ1) is 13.5. The van der Waals surface area contributed by atoms with E-state index in [1.165, 1.54) is 16.9 Å². The highest BCUT2D eigenvalue weighted by atomic mass is 19.1. The van der Waals surface area contributed by atoms with Gasteiger partial charge in [-0.15, -0.1) is 0 Å². The van der Waals surface area contributed by atoms with Gasteiger partial charge in [0.1, 0.15) is 23.6 Å². The minimum Gasteiger partial charge on any atom is -0.493 e. The molecular formula is C18H17F3N6O. The molecular weight excluding hydrogens is 373 g/mol. The van der Waals surface area contributed by atoms with Crippen LogP contribution in [-0.2, 0) is 0 Å². The molecule has 1 aromatic carbocycles. The van der Waals surface area contributed by atoms with E-state index in [2.05, 4.69) is 20.0 Å². The predicted molar refractivity (Wildman–Crippen MR) is 95.3 cm³/mol. The number of hydrogen-bond acceptors (Lipinski definition) is 6. The van der Waals surface area contributed by atoms with E-state index in [9.17, 15) is 18.3 Å². The monoisotopic (exact) mass is 390 g/mol. The SMILES string of the molecule is Oc1nc(N2C3CC2CN(CCF)C3)nc2c1cnn2-c1ccc(F)cc1F. The fourth-order valence-electron chi connectivity index (χ4n) is 4.15. The lowest BCUT2D eigenvalue weighted by Crippen LogP contribution is -2.69. The Labute approximate surface area is 158 Å². The Bertz CT molecular complexity index is 1050. The van der Waals surface area contributed by atoms with Crippen molar-refractivity contribution in [2.75, 3.05) is 31.2 Å². The van der Waals surface area contributed by atoms with Gasteiger partial charge in [0.05, 0.1) is 6.20 Å². The van der Waals surface area contributed by atoms with E-state index >= 15 is 0 Å². The van der Waals surface area contributed by atoms with Crippen molar-refractivity contribution in [3.05, 3.63) is 36.0 Å². The molecule has 1 N–H and O–H groups in total. The van der Waals surface area contributed by atoms with Crippen LogP contribution in [0.25, 0.3) is 16.7 Å². The van der Waals surface area contributed by atoms with Gasteiger partial charge in [0, 0.05) is 37.8 Å². The molecule has 2 fully saturated rings. The maximum atomic E-state index is 14.2. The van der Waals surface area contributed by atoms with Crippen molar-refractivity contribution < 1.29 is 18.3 Å². The summed E-state index contributed by atoms with van der Waals surface area (Å²) in [5, 5.41) is 14.7. The first-order valence-electron chi connectivity index (χ1n) is 9.02. The van der Waals surface area contributed by atoms with Gasteiger partial charge in [-0.25, -0.2) is 17.9 Å².